The first-order valence-corrected chi connectivity index (χ1v) is 10.8. The third-order valence-electron chi connectivity index (χ3n) is 4.97. The molecule has 0 unspecified atom stereocenters. The molecular formula is C27H19ClN4O. The second-order valence-corrected chi connectivity index (χ2v) is 7.74. The van der Waals surface area contributed by atoms with E-state index in [1.807, 2.05) is 97.1 Å². The number of ether oxygens (including phenoxy) is 1. The molecule has 0 saturated carbocycles. The molecule has 6 heteroatoms. The van der Waals surface area contributed by atoms with Gasteiger partial charge in [0.2, 0.25) is 0 Å². The summed E-state index contributed by atoms with van der Waals surface area (Å²) < 4.78 is 5.83. The number of fused-ring (bicyclic) bond motifs is 1. The molecule has 0 amide bonds. The van der Waals surface area contributed by atoms with E-state index in [9.17, 15) is 0 Å². The minimum atomic E-state index is 0.601. The highest BCUT2D eigenvalue weighted by Gasteiger charge is 2.10. The summed E-state index contributed by atoms with van der Waals surface area (Å²) in [5.41, 5.74) is 6.47. The first-order valence-electron chi connectivity index (χ1n) is 10.4. The van der Waals surface area contributed by atoms with Crippen LogP contribution in [0.1, 0.15) is 5.56 Å². The van der Waals surface area contributed by atoms with Crippen molar-refractivity contribution in [3.63, 3.8) is 0 Å². The topological polar surface area (TPSA) is 59.4 Å². The van der Waals surface area contributed by atoms with Crippen LogP contribution >= 0.6 is 11.6 Å². The van der Waals surface area contributed by atoms with Crippen molar-refractivity contribution in [3.05, 3.63) is 114 Å². The quantitative estimate of drug-likeness (QED) is 0.220. The van der Waals surface area contributed by atoms with Gasteiger partial charge in [0.25, 0.3) is 0 Å². The summed E-state index contributed by atoms with van der Waals surface area (Å²) in [4.78, 5) is 9.04. The number of aromatic nitrogens is 2. The third kappa shape index (κ3) is 5.00. The molecule has 3 aromatic carbocycles. The summed E-state index contributed by atoms with van der Waals surface area (Å²) in [6, 6.07) is 30.9. The minimum absolute atomic E-state index is 0.601. The fraction of sp³-hybridized carbons (Fsp3) is 0. The molecule has 0 aliphatic rings. The zero-order valence-corrected chi connectivity index (χ0v) is 18.3. The number of pyridine rings is 2. The van der Waals surface area contributed by atoms with Gasteiger partial charge in [0.05, 0.1) is 6.21 Å². The number of nitrogens with zero attached hydrogens (tertiary/aromatic N) is 3. The molecule has 0 aliphatic heterocycles. The van der Waals surface area contributed by atoms with Gasteiger partial charge in [0.1, 0.15) is 11.5 Å². The number of nitrogens with one attached hydrogen (secondary N) is 1. The first-order chi connectivity index (χ1) is 16.2. The predicted octanol–water partition coefficient (Wildman–Crippen LogP) is 7.19. The molecule has 0 saturated heterocycles. The maximum absolute atomic E-state index is 6.22. The Bertz CT molecular complexity index is 1420. The molecule has 5 aromatic rings. The van der Waals surface area contributed by atoms with Crippen molar-refractivity contribution < 1.29 is 4.74 Å². The van der Waals surface area contributed by atoms with Gasteiger partial charge in [-0.3, -0.25) is 5.43 Å². The van der Waals surface area contributed by atoms with Crippen molar-refractivity contribution >= 4 is 34.7 Å². The van der Waals surface area contributed by atoms with E-state index in [1.165, 1.54) is 0 Å². The molecule has 5 rings (SSSR count). The standard InChI is InChI=1S/C27H19ClN4O/c28-22-8-4-6-20(16-22)25-17-21-7-5-15-29-26(21)31-27(25)32-30-18-19-11-13-24(14-12-19)33-23-9-2-1-3-10-23/h1-18H,(H,29,31,32)/b30-18+. The van der Waals surface area contributed by atoms with Crippen LogP contribution < -0.4 is 10.2 Å². The van der Waals surface area contributed by atoms with Gasteiger partial charge in [0.15, 0.2) is 11.5 Å². The summed E-state index contributed by atoms with van der Waals surface area (Å²) in [7, 11) is 0. The largest absolute Gasteiger partial charge is 0.457 e. The lowest BCUT2D eigenvalue weighted by Gasteiger charge is -2.10. The number of benzene rings is 3. The average molecular weight is 451 g/mol. The van der Waals surface area contributed by atoms with Crippen LogP contribution in [0.3, 0.4) is 0 Å². The lowest BCUT2D eigenvalue weighted by Crippen LogP contribution is -1.98. The lowest BCUT2D eigenvalue weighted by atomic mass is 10.1. The van der Waals surface area contributed by atoms with E-state index in [0.29, 0.717) is 16.5 Å². The zero-order valence-electron chi connectivity index (χ0n) is 17.5. The Hall–Kier alpha value is -4.22. The van der Waals surface area contributed by atoms with E-state index in [-0.39, 0.29) is 0 Å². The van der Waals surface area contributed by atoms with Crippen LogP contribution in [0.25, 0.3) is 22.2 Å². The highest BCUT2D eigenvalue weighted by Crippen LogP contribution is 2.31. The van der Waals surface area contributed by atoms with Crippen LogP contribution in [0.5, 0.6) is 11.5 Å². The molecule has 1 N–H and O–H groups in total. The summed E-state index contributed by atoms with van der Waals surface area (Å²) >= 11 is 6.22. The molecule has 160 valence electrons. The van der Waals surface area contributed by atoms with Crippen LogP contribution in [0, 0.1) is 0 Å². The lowest BCUT2D eigenvalue weighted by molar-refractivity contribution is 0.482. The van der Waals surface area contributed by atoms with Crippen LogP contribution in [-0.2, 0) is 0 Å². The van der Waals surface area contributed by atoms with E-state index < -0.39 is 0 Å². The molecule has 2 heterocycles. The first kappa shape index (κ1) is 20.7. The van der Waals surface area contributed by atoms with Crippen molar-refractivity contribution in [3.8, 4) is 22.6 Å². The molecule has 0 atom stereocenters. The summed E-state index contributed by atoms with van der Waals surface area (Å²) in [5.74, 6) is 2.16. The molecule has 0 aliphatic carbocycles. The molecule has 2 aromatic heterocycles. The summed E-state index contributed by atoms with van der Waals surface area (Å²) in [6.07, 6.45) is 3.46. The van der Waals surface area contributed by atoms with Crippen molar-refractivity contribution in [2.45, 2.75) is 0 Å². The van der Waals surface area contributed by atoms with Gasteiger partial charge in [-0.25, -0.2) is 9.97 Å². The predicted molar refractivity (Wildman–Crippen MR) is 134 cm³/mol. The molecular weight excluding hydrogens is 432 g/mol. The van der Waals surface area contributed by atoms with Gasteiger partial charge in [-0.15, -0.1) is 0 Å². The maximum Gasteiger partial charge on any atom is 0.161 e. The van der Waals surface area contributed by atoms with E-state index in [2.05, 4.69) is 20.5 Å². The van der Waals surface area contributed by atoms with Crippen molar-refractivity contribution in [2.75, 3.05) is 5.43 Å². The second kappa shape index (κ2) is 9.51. The number of rotatable bonds is 6. The number of halogens is 1. The Morgan fingerprint density at radius 2 is 1.64 bits per heavy atom. The van der Waals surface area contributed by atoms with Crippen molar-refractivity contribution in [1.29, 1.82) is 0 Å². The van der Waals surface area contributed by atoms with Crippen LogP contribution in [-0.4, -0.2) is 16.2 Å². The summed E-state index contributed by atoms with van der Waals surface area (Å²) in [5, 5.41) is 6.00. The van der Waals surface area contributed by atoms with Gasteiger partial charge in [-0.1, -0.05) is 41.9 Å². The number of hydrogen-bond acceptors (Lipinski definition) is 5. The molecule has 0 bridgehead atoms. The van der Waals surface area contributed by atoms with Crippen molar-refractivity contribution in [1.82, 2.24) is 9.97 Å². The van der Waals surface area contributed by atoms with Gasteiger partial charge >= 0.3 is 0 Å². The Morgan fingerprint density at radius 3 is 2.45 bits per heavy atom. The Balaban J connectivity index is 1.38. The van der Waals surface area contributed by atoms with Crippen LogP contribution in [0.15, 0.2) is 108 Å². The Kier molecular flexibility index (Phi) is 5.95. The van der Waals surface area contributed by atoms with Gasteiger partial charge in [-0.05, 0) is 77.9 Å². The summed E-state index contributed by atoms with van der Waals surface area (Å²) in [6.45, 7) is 0. The normalized spacial score (nSPS) is 11.1. The van der Waals surface area contributed by atoms with Gasteiger partial charge in [0, 0.05) is 22.2 Å². The van der Waals surface area contributed by atoms with Gasteiger partial charge < -0.3 is 4.74 Å². The van der Waals surface area contributed by atoms with E-state index in [1.54, 1.807) is 12.4 Å². The molecule has 0 fully saturated rings. The number of hydrogen-bond donors (Lipinski definition) is 1. The number of para-hydroxylation sites is 1. The highest BCUT2D eigenvalue weighted by atomic mass is 35.5. The van der Waals surface area contributed by atoms with Gasteiger partial charge in [-0.2, -0.15) is 5.10 Å². The Morgan fingerprint density at radius 1 is 0.818 bits per heavy atom. The fourth-order valence-corrected chi connectivity index (χ4v) is 3.57. The second-order valence-electron chi connectivity index (χ2n) is 7.30. The monoisotopic (exact) mass is 450 g/mol. The van der Waals surface area contributed by atoms with Crippen LogP contribution in [0.2, 0.25) is 5.02 Å². The maximum atomic E-state index is 6.22. The SMILES string of the molecule is Clc1cccc(-c2cc3cccnc3nc2N/N=C/c2ccc(Oc3ccccc3)cc2)c1. The average Bonchev–Trinajstić information content (AvgIpc) is 2.85. The molecule has 0 radical (unpaired) electrons. The van der Waals surface area contributed by atoms with E-state index in [4.69, 9.17) is 16.3 Å². The highest BCUT2D eigenvalue weighted by molar-refractivity contribution is 6.30. The van der Waals surface area contributed by atoms with Crippen molar-refractivity contribution in [2.24, 2.45) is 5.10 Å². The van der Waals surface area contributed by atoms with E-state index in [0.717, 1.165) is 33.6 Å². The van der Waals surface area contributed by atoms with E-state index >= 15 is 0 Å². The van der Waals surface area contributed by atoms with Crippen LogP contribution in [0.4, 0.5) is 5.82 Å². The molecule has 0 spiro atoms. The number of hydrazone groups is 1. The molecule has 33 heavy (non-hydrogen) atoms. The minimum Gasteiger partial charge on any atom is -0.457 e. The Labute approximate surface area is 196 Å². The fourth-order valence-electron chi connectivity index (χ4n) is 3.38. The number of anilines is 1. The zero-order chi connectivity index (χ0) is 22.5. The third-order valence-corrected chi connectivity index (χ3v) is 5.20. The smallest absolute Gasteiger partial charge is 0.161 e. The molecule has 5 nitrogen and oxygen atoms in total.